The lowest BCUT2D eigenvalue weighted by molar-refractivity contribution is -0.119. The first-order valence-corrected chi connectivity index (χ1v) is 14.6. The van der Waals surface area contributed by atoms with Gasteiger partial charge in [-0.15, -0.1) is 0 Å². The zero-order chi connectivity index (χ0) is 26.5. The fourth-order valence-corrected chi connectivity index (χ4v) is 6.85. The van der Waals surface area contributed by atoms with Crippen LogP contribution < -0.4 is 9.62 Å². The topological polar surface area (TPSA) is 87.5 Å². The van der Waals surface area contributed by atoms with Gasteiger partial charge in [-0.1, -0.05) is 45.2 Å². The van der Waals surface area contributed by atoms with E-state index in [1.54, 1.807) is 37.7 Å². The lowest BCUT2D eigenvalue weighted by Crippen LogP contribution is -2.42. The fourth-order valence-electron chi connectivity index (χ4n) is 5.03. The molecule has 1 aliphatic rings. The van der Waals surface area contributed by atoms with Gasteiger partial charge in [0.15, 0.2) is 0 Å². The van der Waals surface area contributed by atoms with E-state index in [1.807, 2.05) is 12.1 Å². The number of nitrogens with zero attached hydrogens (tertiary/aromatic N) is 4. The number of rotatable bonds is 11. The summed E-state index contributed by atoms with van der Waals surface area (Å²) in [5.41, 5.74) is 2.54. The highest BCUT2D eigenvalue weighted by Gasteiger charge is 2.32. The normalized spacial score (nSPS) is 15.0. The molecule has 2 aromatic rings. The van der Waals surface area contributed by atoms with E-state index in [1.165, 1.54) is 36.4 Å². The first-order chi connectivity index (χ1) is 17.0. The molecule has 1 fully saturated rings. The van der Waals surface area contributed by atoms with E-state index in [4.69, 9.17) is 0 Å². The zero-order valence-electron chi connectivity index (χ0n) is 22.7. The molecule has 1 amide bonds. The van der Waals surface area contributed by atoms with Gasteiger partial charge in [0, 0.05) is 19.6 Å². The third-order valence-electron chi connectivity index (χ3n) is 7.33. The SMILES string of the molecule is Cc1nn(C)c(C)c1S(=O)(=O)N(CC(=O)NCCCN(C)C1CCCCC1)c1ccc(C(C)C)cc1. The molecule has 0 bridgehead atoms. The van der Waals surface area contributed by atoms with E-state index in [0.717, 1.165) is 18.5 Å². The largest absolute Gasteiger partial charge is 0.354 e. The van der Waals surface area contributed by atoms with E-state index < -0.39 is 10.0 Å². The lowest BCUT2D eigenvalue weighted by atomic mass is 9.94. The second-order valence-corrected chi connectivity index (χ2v) is 12.2. The number of sulfonamides is 1. The highest BCUT2D eigenvalue weighted by atomic mass is 32.2. The van der Waals surface area contributed by atoms with Crippen molar-refractivity contribution < 1.29 is 13.2 Å². The van der Waals surface area contributed by atoms with Crippen molar-refractivity contribution in [2.24, 2.45) is 7.05 Å². The molecule has 1 saturated carbocycles. The third kappa shape index (κ3) is 6.68. The van der Waals surface area contributed by atoms with E-state index in [2.05, 4.69) is 36.2 Å². The Morgan fingerprint density at radius 3 is 2.33 bits per heavy atom. The molecule has 0 aliphatic heterocycles. The summed E-state index contributed by atoms with van der Waals surface area (Å²) in [6.45, 7) is 8.74. The summed E-state index contributed by atoms with van der Waals surface area (Å²) in [5.74, 6) is 0.00739. The molecular formula is C27H43N5O3S. The molecule has 1 N–H and O–H groups in total. The number of anilines is 1. The molecule has 0 saturated heterocycles. The van der Waals surface area contributed by atoms with Crippen molar-refractivity contribution in [3.05, 3.63) is 41.2 Å². The number of hydrogen-bond donors (Lipinski definition) is 1. The quantitative estimate of drug-likeness (QED) is 0.453. The fraction of sp³-hybridized carbons (Fsp3) is 0.630. The number of aryl methyl sites for hydroxylation is 2. The Labute approximate surface area is 217 Å². The van der Waals surface area contributed by atoms with Crippen molar-refractivity contribution in [3.8, 4) is 0 Å². The van der Waals surface area contributed by atoms with Gasteiger partial charge < -0.3 is 10.2 Å². The maximum Gasteiger partial charge on any atom is 0.268 e. The van der Waals surface area contributed by atoms with Gasteiger partial charge >= 0.3 is 0 Å². The van der Waals surface area contributed by atoms with Crippen molar-refractivity contribution in [2.75, 3.05) is 31.0 Å². The number of benzene rings is 1. The summed E-state index contributed by atoms with van der Waals surface area (Å²) >= 11 is 0. The molecule has 36 heavy (non-hydrogen) atoms. The van der Waals surface area contributed by atoms with Crippen molar-refractivity contribution in [1.82, 2.24) is 20.0 Å². The Morgan fingerprint density at radius 2 is 1.78 bits per heavy atom. The van der Waals surface area contributed by atoms with Gasteiger partial charge in [0.1, 0.15) is 11.4 Å². The monoisotopic (exact) mass is 517 g/mol. The molecule has 200 valence electrons. The maximum absolute atomic E-state index is 13.8. The minimum atomic E-state index is -4.00. The van der Waals surface area contributed by atoms with Crippen LogP contribution in [0, 0.1) is 13.8 Å². The molecule has 1 aliphatic carbocycles. The van der Waals surface area contributed by atoms with Crippen molar-refractivity contribution in [3.63, 3.8) is 0 Å². The van der Waals surface area contributed by atoms with E-state index in [-0.39, 0.29) is 17.3 Å². The molecule has 9 heteroatoms. The van der Waals surface area contributed by atoms with Gasteiger partial charge in [-0.2, -0.15) is 5.10 Å². The Morgan fingerprint density at radius 1 is 1.14 bits per heavy atom. The van der Waals surface area contributed by atoms with Crippen LogP contribution in [0.1, 0.15) is 75.2 Å². The molecule has 1 aromatic carbocycles. The van der Waals surface area contributed by atoms with Crippen molar-refractivity contribution in [2.45, 2.75) is 83.1 Å². The Bertz CT molecular complexity index is 1120. The van der Waals surface area contributed by atoms with Crippen LogP contribution in [0.3, 0.4) is 0 Å². The van der Waals surface area contributed by atoms with Crippen molar-refractivity contribution in [1.29, 1.82) is 0 Å². The number of aromatic nitrogens is 2. The average Bonchev–Trinajstić information content (AvgIpc) is 3.12. The first-order valence-electron chi connectivity index (χ1n) is 13.1. The molecule has 0 unspecified atom stereocenters. The number of carbonyl (C=O) groups is 1. The minimum absolute atomic E-state index is 0.153. The number of hydrogen-bond acceptors (Lipinski definition) is 5. The average molecular weight is 518 g/mol. The predicted molar refractivity (Wildman–Crippen MR) is 145 cm³/mol. The third-order valence-corrected chi connectivity index (χ3v) is 9.36. The van der Waals surface area contributed by atoms with Gasteiger partial charge in [-0.25, -0.2) is 8.42 Å². The molecule has 0 radical (unpaired) electrons. The number of nitrogens with one attached hydrogen (secondary N) is 1. The summed E-state index contributed by atoms with van der Waals surface area (Å²) in [5, 5.41) is 7.23. The highest BCUT2D eigenvalue weighted by Crippen LogP contribution is 2.29. The van der Waals surface area contributed by atoms with E-state index in [0.29, 0.717) is 35.6 Å². The Balaban J connectivity index is 1.72. The standard InChI is InChI=1S/C27H43N5O3S/c1-20(2)23-13-15-25(16-14-23)32(36(34,35)27-21(3)29-31(6)22(27)4)19-26(33)28-17-10-18-30(5)24-11-8-7-9-12-24/h13-16,20,24H,7-12,17-19H2,1-6H3,(H,28,33). The summed E-state index contributed by atoms with van der Waals surface area (Å²) in [6, 6.07) is 8.03. The molecule has 8 nitrogen and oxygen atoms in total. The van der Waals surface area contributed by atoms with Crippen molar-refractivity contribution >= 4 is 21.6 Å². The van der Waals surface area contributed by atoms with Gasteiger partial charge in [0.2, 0.25) is 5.91 Å². The van der Waals surface area contributed by atoms with E-state index in [9.17, 15) is 13.2 Å². The predicted octanol–water partition coefficient (Wildman–Crippen LogP) is 4.13. The Hall–Kier alpha value is -2.39. The smallest absolute Gasteiger partial charge is 0.268 e. The summed E-state index contributed by atoms with van der Waals surface area (Å²) in [4.78, 5) is 15.5. The summed E-state index contributed by atoms with van der Waals surface area (Å²) in [7, 11) is -0.120. The van der Waals surface area contributed by atoms with Crippen LogP contribution in [0.4, 0.5) is 5.69 Å². The first kappa shape index (κ1) is 28.2. The number of amides is 1. The van der Waals surface area contributed by atoms with Gasteiger partial charge in [0.25, 0.3) is 10.0 Å². The Kier molecular flexibility index (Phi) is 9.58. The minimum Gasteiger partial charge on any atom is -0.354 e. The summed E-state index contributed by atoms with van der Waals surface area (Å²) < 4.78 is 30.4. The van der Waals surface area contributed by atoms with Crippen LogP contribution in [0.25, 0.3) is 0 Å². The van der Waals surface area contributed by atoms with Crippen LogP contribution in [0.5, 0.6) is 0 Å². The molecule has 0 atom stereocenters. The summed E-state index contributed by atoms with van der Waals surface area (Å²) in [6.07, 6.45) is 7.25. The van der Waals surface area contributed by atoms with Crippen LogP contribution in [-0.2, 0) is 21.9 Å². The zero-order valence-corrected chi connectivity index (χ0v) is 23.6. The molecule has 3 rings (SSSR count). The van der Waals surface area contributed by atoms with Gasteiger partial charge in [-0.3, -0.25) is 13.8 Å². The molecular weight excluding hydrogens is 474 g/mol. The maximum atomic E-state index is 13.8. The van der Waals surface area contributed by atoms with E-state index >= 15 is 0 Å². The second-order valence-electron chi connectivity index (χ2n) is 10.4. The number of carbonyl (C=O) groups excluding carboxylic acids is 1. The lowest BCUT2D eigenvalue weighted by Gasteiger charge is -2.31. The second kappa shape index (κ2) is 12.2. The molecule has 1 heterocycles. The molecule has 0 spiro atoms. The van der Waals surface area contributed by atoms with Crippen LogP contribution in [0.2, 0.25) is 0 Å². The van der Waals surface area contributed by atoms with Crippen LogP contribution in [-0.4, -0.2) is 61.7 Å². The van der Waals surface area contributed by atoms with Crippen LogP contribution in [0.15, 0.2) is 29.2 Å². The molecule has 1 aromatic heterocycles. The van der Waals surface area contributed by atoms with Gasteiger partial charge in [-0.05, 0) is 70.3 Å². The highest BCUT2D eigenvalue weighted by molar-refractivity contribution is 7.93. The van der Waals surface area contributed by atoms with Gasteiger partial charge in [0.05, 0.1) is 17.1 Å². The van der Waals surface area contributed by atoms with Crippen LogP contribution >= 0.6 is 0 Å².